The van der Waals surface area contributed by atoms with E-state index >= 15 is 0 Å². The second-order valence-electron chi connectivity index (χ2n) is 7.12. The topological polar surface area (TPSA) is 122 Å². The molecule has 148 valence electrons. The van der Waals surface area contributed by atoms with Crippen molar-refractivity contribution < 1.29 is 0 Å². The highest BCUT2D eigenvalue weighted by Crippen LogP contribution is 2.37. The number of aromatic nitrogens is 6. The van der Waals surface area contributed by atoms with E-state index in [1.54, 1.807) is 18.6 Å². The minimum absolute atomic E-state index is 0.503. The number of fused-ring (bicyclic) bond motifs is 2. The number of nitrogens with one attached hydrogen (secondary N) is 2. The zero-order valence-corrected chi connectivity index (χ0v) is 17.4. The average molecular weight is 454 g/mol. The van der Waals surface area contributed by atoms with Crippen LogP contribution in [-0.4, -0.2) is 49.5 Å². The molecule has 0 radical (unpaired) electrons. The van der Waals surface area contributed by atoms with E-state index in [-0.39, 0.29) is 0 Å². The summed E-state index contributed by atoms with van der Waals surface area (Å²) in [6.45, 7) is 4.59. The molecule has 5 heterocycles. The van der Waals surface area contributed by atoms with Gasteiger partial charge in [-0.15, -0.1) is 0 Å². The van der Waals surface area contributed by atoms with E-state index in [0.29, 0.717) is 29.6 Å². The smallest absolute Gasteiger partial charge is 0.231 e. The molecule has 0 bridgehead atoms. The maximum Gasteiger partial charge on any atom is 0.231 e. The summed E-state index contributed by atoms with van der Waals surface area (Å²) in [5.74, 6) is 1.91. The zero-order chi connectivity index (χ0) is 20.0. The fourth-order valence-electron chi connectivity index (χ4n) is 3.57. The third kappa shape index (κ3) is 3.18. The van der Waals surface area contributed by atoms with Crippen molar-refractivity contribution in [3.63, 3.8) is 0 Å². The van der Waals surface area contributed by atoms with Crippen molar-refractivity contribution in [2.45, 2.75) is 13.3 Å². The molecule has 5 rings (SSSR count). The number of H-pyrrole nitrogens is 1. The molecule has 1 fully saturated rings. The monoisotopic (exact) mass is 453 g/mol. The van der Waals surface area contributed by atoms with Crippen molar-refractivity contribution in [3.8, 4) is 0 Å². The van der Waals surface area contributed by atoms with Crippen LogP contribution >= 0.6 is 15.9 Å². The number of hydrogen-bond donors (Lipinski definition) is 3. The Morgan fingerprint density at radius 3 is 2.86 bits per heavy atom. The Morgan fingerprint density at radius 1 is 1.24 bits per heavy atom. The molecular formula is C19H20BrN9. The van der Waals surface area contributed by atoms with Crippen LogP contribution in [0.4, 0.5) is 17.5 Å². The van der Waals surface area contributed by atoms with Crippen LogP contribution in [0, 0.1) is 5.92 Å². The maximum atomic E-state index is 5.81. The Bertz CT molecular complexity index is 1200. The molecule has 0 aliphatic carbocycles. The van der Waals surface area contributed by atoms with Gasteiger partial charge in [-0.25, -0.2) is 9.97 Å². The Kier molecular flexibility index (Phi) is 4.51. The van der Waals surface area contributed by atoms with Crippen molar-refractivity contribution in [2.24, 2.45) is 11.7 Å². The molecule has 0 atom stereocenters. The number of pyridine rings is 1. The molecule has 0 unspecified atom stereocenters. The van der Waals surface area contributed by atoms with Crippen molar-refractivity contribution in [1.29, 1.82) is 0 Å². The first-order valence-corrected chi connectivity index (χ1v) is 10.3. The molecule has 9 nitrogen and oxygen atoms in total. The molecule has 0 spiro atoms. The van der Waals surface area contributed by atoms with Crippen molar-refractivity contribution in [3.05, 3.63) is 34.8 Å². The molecular weight excluding hydrogens is 434 g/mol. The molecule has 0 saturated carbocycles. The van der Waals surface area contributed by atoms with Crippen LogP contribution in [-0.2, 0) is 6.42 Å². The summed E-state index contributed by atoms with van der Waals surface area (Å²) in [6.07, 6.45) is 5.86. The average Bonchev–Trinajstić information content (AvgIpc) is 3.03. The van der Waals surface area contributed by atoms with Crippen LogP contribution in [0.5, 0.6) is 0 Å². The molecule has 4 aromatic rings. The summed E-state index contributed by atoms with van der Waals surface area (Å²) in [7, 11) is 0. The highest BCUT2D eigenvalue weighted by Gasteiger charge is 2.30. The highest BCUT2D eigenvalue weighted by molar-refractivity contribution is 9.10. The quantitative estimate of drug-likeness (QED) is 0.421. The predicted octanol–water partition coefficient (Wildman–Crippen LogP) is 2.76. The largest absolute Gasteiger partial charge is 0.355 e. The first-order valence-electron chi connectivity index (χ1n) is 9.53. The summed E-state index contributed by atoms with van der Waals surface area (Å²) in [5.41, 5.74) is 9.78. The summed E-state index contributed by atoms with van der Waals surface area (Å²) in [6, 6.07) is 1.89. The van der Waals surface area contributed by atoms with E-state index in [0.717, 1.165) is 52.2 Å². The lowest BCUT2D eigenvalue weighted by molar-refractivity contribution is 0.418. The van der Waals surface area contributed by atoms with E-state index in [4.69, 9.17) is 15.7 Å². The van der Waals surface area contributed by atoms with Gasteiger partial charge in [0, 0.05) is 37.1 Å². The van der Waals surface area contributed by atoms with Crippen LogP contribution in [0.25, 0.3) is 22.2 Å². The van der Waals surface area contributed by atoms with Gasteiger partial charge < -0.3 is 20.9 Å². The lowest BCUT2D eigenvalue weighted by Crippen LogP contribution is -2.50. The van der Waals surface area contributed by atoms with Crippen LogP contribution in [0.2, 0.25) is 0 Å². The van der Waals surface area contributed by atoms with E-state index in [9.17, 15) is 0 Å². The van der Waals surface area contributed by atoms with Gasteiger partial charge in [0.1, 0.15) is 17.0 Å². The first-order chi connectivity index (χ1) is 14.2. The highest BCUT2D eigenvalue weighted by atomic mass is 79.9. The van der Waals surface area contributed by atoms with Gasteiger partial charge in [-0.3, -0.25) is 4.98 Å². The zero-order valence-electron chi connectivity index (χ0n) is 15.9. The van der Waals surface area contributed by atoms with Gasteiger partial charge in [0.25, 0.3) is 0 Å². The molecule has 4 N–H and O–H groups in total. The number of anilines is 3. The standard InChI is InChI=1S/C19H20BrN9/c1-2-12-15(20)14-17(26-12)27-19(28-18(14)29-8-10(6-21)9-29)25-11-5-13-16(24-7-11)23-4-3-22-13/h3-5,7,10H,2,6,8-9,21H2,1H3,(H2,25,26,27,28). The number of halogens is 1. The number of aryl methyl sites for hydroxylation is 1. The second-order valence-corrected chi connectivity index (χ2v) is 7.91. The summed E-state index contributed by atoms with van der Waals surface area (Å²) >= 11 is 3.73. The molecule has 4 aromatic heterocycles. The van der Waals surface area contributed by atoms with Crippen molar-refractivity contribution >= 4 is 55.6 Å². The molecule has 1 saturated heterocycles. The molecule has 0 amide bonds. The lowest BCUT2D eigenvalue weighted by atomic mass is 10.0. The molecule has 1 aliphatic rings. The number of nitrogens with two attached hydrogens (primary N) is 1. The Morgan fingerprint density at radius 2 is 2.07 bits per heavy atom. The van der Waals surface area contributed by atoms with Crippen LogP contribution < -0.4 is 16.0 Å². The number of hydrogen-bond acceptors (Lipinski definition) is 8. The number of nitrogens with zero attached hydrogens (tertiary/aromatic N) is 6. The van der Waals surface area contributed by atoms with Crippen LogP contribution in [0.15, 0.2) is 29.1 Å². The van der Waals surface area contributed by atoms with E-state index in [1.165, 1.54) is 0 Å². The summed E-state index contributed by atoms with van der Waals surface area (Å²) in [4.78, 5) is 28.0. The summed E-state index contributed by atoms with van der Waals surface area (Å²) in [5, 5.41) is 4.27. The molecule has 29 heavy (non-hydrogen) atoms. The Balaban J connectivity index is 1.56. The third-order valence-electron chi connectivity index (χ3n) is 5.17. The summed E-state index contributed by atoms with van der Waals surface area (Å²) < 4.78 is 1.02. The SMILES string of the molecule is CCc1[nH]c2nc(Nc3cnc4nccnc4c3)nc(N3CC(CN)C3)c2c1Br. The van der Waals surface area contributed by atoms with Crippen LogP contribution in [0.1, 0.15) is 12.6 Å². The fraction of sp³-hybridized carbons (Fsp3) is 0.316. The van der Waals surface area contributed by atoms with Gasteiger partial charge in [0.2, 0.25) is 5.95 Å². The number of rotatable bonds is 5. The van der Waals surface area contributed by atoms with Crippen LogP contribution in [0.3, 0.4) is 0 Å². The lowest BCUT2D eigenvalue weighted by Gasteiger charge is -2.40. The van der Waals surface area contributed by atoms with Gasteiger partial charge in [-0.2, -0.15) is 9.97 Å². The minimum Gasteiger partial charge on any atom is -0.355 e. The van der Waals surface area contributed by atoms with E-state index < -0.39 is 0 Å². The Hall–Kier alpha value is -2.85. The van der Waals surface area contributed by atoms with Gasteiger partial charge in [-0.05, 0) is 35.0 Å². The van der Waals surface area contributed by atoms with Gasteiger partial charge in [-0.1, -0.05) is 6.92 Å². The third-order valence-corrected chi connectivity index (χ3v) is 6.04. The van der Waals surface area contributed by atoms with Gasteiger partial charge in [0.05, 0.1) is 21.7 Å². The molecule has 0 aromatic carbocycles. The van der Waals surface area contributed by atoms with Crippen molar-refractivity contribution in [1.82, 2.24) is 29.9 Å². The predicted molar refractivity (Wildman–Crippen MR) is 116 cm³/mol. The maximum absolute atomic E-state index is 5.81. The Labute approximate surface area is 175 Å². The number of aromatic amines is 1. The molecule has 1 aliphatic heterocycles. The van der Waals surface area contributed by atoms with Gasteiger partial charge >= 0.3 is 0 Å². The van der Waals surface area contributed by atoms with Gasteiger partial charge in [0.15, 0.2) is 5.65 Å². The molecule has 10 heteroatoms. The minimum atomic E-state index is 0.503. The van der Waals surface area contributed by atoms with Crippen molar-refractivity contribution in [2.75, 3.05) is 29.9 Å². The second kappa shape index (κ2) is 7.20. The first kappa shape index (κ1) is 18.2. The fourth-order valence-corrected chi connectivity index (χ4v) is 4.31. The van der Waals surface area contributed by atoms with E-state index in [2.05, 4.69) is 53.0 Å². The van der Waals surface area contributed by atoms with E-state index in [1.807, 2.05) is 6.07 Å². The normalized spacial score (nSPS) is 14.5.